The van der Waals surface area contributed by atoms with E-state index in [1.165, 1.54) is 16.7 Å². The fourth-order valence-corrected chi connectivity index (χ4v) is 2.78. The van der Waals surface area contributed by atoms with E-state index in [1.54, 1.807) is 7.11 Å². The summed E-state index contributed by atoms with van der Waals surface area (Å²) < 4.78 is 11.4. The summed E-state index contributed by atoms with van der Waals surface area (Å²) >= 11 is 0. The van der Waals surface area contributed by atoms with Gasteiger partial charge in [0.25, 0.3) is 0 Å². The van der Waals surface area contributed by atoms with E-state index in [-0.39, 0.29) is 12.1 Å². The molecule has 1 heterocycles. The van der Waals surface area contributed by atoms with Gasteiger partial charge in [0, 0.05) is 24.1 Å². The van der Waals surface area contributed by atoms with E-state index in [1.807, 2.05) is 18.2 Å². The van der Waals surface area contributed by atoms with Gasteiger partial charge in [-0.3, -0.25) is 0 Å². The molecule has 0 saturated carbocycles. The number of fused-ring (bicyclic) bond motifs is 1. The van der Waals surface area contributed by atoms with Crippen molar-refractivity contribution in [3.63, 3.8) is 0 Å². The monoisotopic (exact) mass is 283 g/mol. The highest BCUT2D eigenvalue weighted by Crippen LogP contribution is 2.41. The van der Waals surface area contributed by atoms with Gasteiger partial charge in [0.15, 0.2) is 0 Å². The first-order chi connectivity index (χ1) is 10.1. The summed E-state index contributed by atoms with van der Waals surface area (Å²) in [4.78, 5) is 0. The molecule has 0 amide bonds. The Morgan fingerprint density at radius 2 is 1.90 bits per heavy atom. The van der Waals surface area contributed by atoms with Crippen LogP contribution in [0.15, 0.2) is 36.4 Å². The fraction of sp³-hybridized carbons (Fsp3) is 0.333. The van der Waals surface area contributed by atoms with Gasteiger partial charge in [0.05, 0.1) is 7.11 Å². The van der Waals surface area contributed by atoms with Gasteiger partial charge < -0.3 is 15.2 Å². The van der Waals surface area contributed by atoms with E-state index < -0.39 is 0 Å². The van der Waals surface area contributed by atoms with Crippen LogP contribution in [0.2, 0.25) is 0 Å². The lowest BCUT2D eigenvalue weighted by molar-refractivity contribution is 0.161. The molecule has 1 unspecified atom stereocenters. The standard InChI is InChI=1S/C18H21NO2/c1-11-4-5-13(8-12(11)2)17-10-16(19)15-7-6-14(20-3)9-18(15)21-17/h4-9,16-17H,10,19H2,1-3H3/t16-,17?/m0/s1. The molecule has 0 aromatic heterocycles. The van der Waals surface area contributed by atoms with Crippen molar-refractivity contribution in [3.8, 4) is 11.5 Å². The maximum atomic E-state index is 6.31. The van der Waals surface area contributed by atoms with Crippen molar-refractivity contribution in [3.05, 3.63) is 58.7 Å². The van der Waals surface area contributed by atoms with Gasteiger partial charge in [-0.15, -0.1) is 0 Å². The van der Waals surface area contributed by atoms with Gasteiger partial charge in [-0.1, -0.05) is 24.3 Å². The number of benzene rings is 2. The predicted molar refractivity (Wildman–Crippen MR) is 83.8 cm³/mol. The van der Waals surface area contributed by atoms with E-state index in [0.717, 1.165) is 23.5 Å². The normalized spacial score (nSPS) is 20.6. The molecule has 3 rings (SSSR count). The van der Waals surface area contributed by atoms with Crippen molar-refractivity contribution in [1.82, 2.24) is 0 Å². The first kappa shape index (κ1) is 14.0. The molecular weight excluding hydrogens is 262 g/mol. The van der Waals surface area contributed by atoms with E-state index in [0.29, 0.717) is 0 Å². The highest BCUT2D eigenvalue weighted by molar-refractivity contribution is 5.45. The summed E-state index contributed by atoms with van der Waals surface area (Å²) in [6.45, 7) is 4.24. The van der Waals surface area contributed by atoms with Crippen LogP contribution in [0.5, 0.6) is 11.5 Å². The molecule has 0 fully saturated rings. The largest absolute Gasteiger partial charge is 0.497 e. The molecule has 2 aromatic rings. The lowest BCUT2D eigenvalue weighted by atomic mass is 9.92. The molecule has 3 heteroatoms. The molecule has 1 aliphatic heterocycles. The molecule has 2 aromatic carbocycles. The summed E-state index contributed by atoms with van der Waals surface area (Å²) in [5, 5.41) is 0. The van der Waals surface area contributed by atoms with Crippen LogP contribution in [0.25, 0.3) is 0 Å². The van der Waals surface area contributed by atoms with Crippen molar-refractivity contribution >= 4 is 0 Å². The van der Waals surface area contributed by atoms with Crippen LogP contribution in [0.4, 0.5) is 0 Å². The quantitative estimate of drug-likeness (QED) is 0.911. The Balaban J connectivity index is 1.94. The smallest absolute Gasteiger partial charge is 0.128 e. The zero-order valence-electron chi connectivity index (χ0n) is 12.7. The topological polar surface area (TPSA) is 44.5 Å². The Labute approximate surface area is 125 Å². The molecule has 2 atom stereocenters. The van der Waals surface area contributed by atoms with Crippen LogP contribution >= 0.6 is 0 Å². The molecule has 0 radical (unpaired) electrons. The SMILES string of the molecule is COc1ccc2c(c1)OC(c1ccc(C)c(C)c1)C[C@@H]2N. The van der Waals surface area contributed by atoms with Crippen LogP contribution in [0.3, 0.4) is 0 Å². The van der Waals surface area contributed by atoms with Gasteiger partial charge >= 0.3 is 0 Å². The molecule has 0 saturated heterocycles. The Kier molecular flexibility index (Phi) is 3.60. The molecule has 1 aliphatic rings. The summed E-state index contributed by atoms with van der Waals surface area (Å²) in [5.41, 5.74) is 11.1. The van der Waals surface area contributed by atoms with Gasteiger partial charge in [-0.2, -0.15) is 0 Å². The lowest BCUT2D eigenvalue weighted by Crippen LogP contribution is -2.24. The summed E-state index contributed by atoms with van der Waals surface area (Å²) in [6.07, 6.45) is 0.792. The van der Waals surface area contributed by atoms with Gasteiger partial charge in [-0.25, -0.2) is 0 Å². The predicted octanol–water partition coefficient (Wildman–Crippen LogP) is 3.84. The van der Waals surface area contributed by atoms with Crippen molar-refractivity contribution in [1.29, 1.82) is 0 Å². The van der Waals surface area contributed by atoms with E-state index in [9.17, 15) is 0 Å². The second-order valence-corrected chi connectivity index (χ2v) is 5.70. The second kappa shape index (κ2) is 5.41. The first-order valence-corrected chi connectivity index (χ1v) is 7.26. The Morgan fingerprint density at radius 1 is 1.10 bits per heavy atom. The summed E-state index contributed by atoms with van der Waals surface area (Å²) in [7, 11) is 1.66. The van der Waals surface area contributed by atoms with Crippen molar-refractivity contribution in [2.75, 3.05) is 7.11 Å². The minimum Gasteiger partial charge on any atom is -0.497 e. The van der Waals surface area contributed by atoms with Gasteiger partial charge in [0.2, 0.25) is 0 Å². The van der Waals surface area contributed by atoms with E-state index in [2.05, 4.69) is 32.0 Å². The number of hydrogen-bond donors (Lipinski definition) is 1. The number of ether oxygens (including phenoxy) is 2. The third-order valence-corrected chi connectivity index (χ3v) is 4.26. The maximum absolute atomic E-state index is 6.31. The Hall–Kier alpha value is -2.00. The Morgan fingerprint density at radius 3 is 2.62 bits per heavy atom. The van der Waals surface area contributed by atoms with Gasteiger partial charge in [-0.05, 0) is 36.6 Å². The summed E-state index contributed by atoms with van der Waals surface area (Å²) in [5.74, 6) is 1.62. The van der Waals surface area contributed by atoms with Crippen LogP contribution < -0.4 is 15.2 Å². The average Bonchev–Trinajstić information content (AvgIpc) is 2.49. The third-order valence-electron chi connectivity index (χ3n) is 4.26. The summed E-state index contributed by atoms with van der Waals surface area (Å²) in [6, 6.07) is 12.3. The molecule has 2 N–H and O–H groups in total. The zero-order valence-corrected chi connectivity index (χ0v) is 12.7. The van der Waals surface area contributed by atoms with Crippen LogP contribution in [0, 0.1) is 13.8 Å². The highest BCUT2D eigenvalue weighted by Gasteiger charge is 2.27. The number of rotatable bonds is 2. The van der Waals surface area contributed by atoms with Gasteiger partial charge in [0.1, 0.15) is 17.6 Å². The molecule has 0 aliphatic carbocycles. The van der Waals surface area contributed by atoms with Crippen molar-refractivity contribution in [2.24, 2.45) is 5.73 Å². The third kappa shape index (κ3) is 2.61. The molecule has 21 heavy (non-hydrogen) atoms. The van der Waals surface area contributed by atoms with Crippen LogP contribution in [-0.4, -0.2) is 7.11 Å². The number of aryl methyl sites for hydroxylation is 2. The zero-order chi connectivity index (χ0) is 15.0. The lowest BCUT2D eigenvalue weighted by Gasteiger charge is -2.31. The molecular formula is C18H21NO2. The van der Waals surface area contributed by atoms with Crippen LogP contribution in [0.1, 0.15) is 40.8 Å². The van der Waals surface area contributed by atoms with Crippen LogP contribution in [-0.2, 0) is 0 Å². The minimum atomic E-state index is -0.00809. The maximum Gasteiger partial charge on any atom is 0.128 e. The number of nitrogens with two attached hydrogens (primary N) is 1. The van der Waals surface area contributed by atoms with E-state index in [4.69, 9.17) is 15.2 Å². The molecule has 0 bridgehead atoms. The Bertz CT molecular complexity index is 666. The highest BCUT2D eigenvalue weighted by atomic mass is 16.5. The molecule has 0 spiro atoms. The average molecular weight is 283 g/mol. The second-order valence-electron chi connectivity index (χ2n) is 5.70. The first-order valence-electron chi connectivity index (χ1n) is 7.26. The fourth-order valence-electron chi connectivity index (χ4n) is 2.78. The molecule has 110 valence electrons. The van der Waals surface area contributed by atoms with Crippen molar-refractivity contribution < 1.29 is 9.47 Å². The number of hydrogen-bond acceptors (Lipinski definition) is 3. The van der Waals surface area contributed by atoms with Crippen molar-refractivity contribution in [2.45, 2.75) is 32.4 Å². The number of methoxy groups -OCH3 is 1. The van der Waals surface area contributed by atoms with E-state index >= 15 is 0 Å². The molecule has 3 nitrogen and oxygen atoms in total. The minimum absolute atomic E-state index is 0.00101.